The van der Waals surface area contributed by atoms with Crippen LogP contribution in [0.4, 0.5) is 4.79 Å². The van der Waals surface area contributed by atoms with Gasteiger partial charge in [0.1, 0.15) is 0 Å². The molecule has 0 aliphatic carbocycles. The Balaban J connectivity index is 2.39. The second kappa shape index (κ2) is 2.96. The Kier molecular flexibility index (Phi) is 2.22. The van der Waals surface area contributed by atoms with Crippen LogP contribution in [0, 0.1) is 0 Å². The van der Waals surface area contributed by atoms with E-state index in [1.54, 1.807) is 4.90 Å². The van der Waals surface area contributed by atoms with Crippen molar-refractivity contribution in [3.63, 3.8) is 0 Å². The van der Waals surface area contributed by atoms with Crippen molar-refractivity contribution in [2.75, 3.05) is 19.0 Å². The van der Waals surface area contributed by atoms with Crippen LogP contribution >= 0.6 is 12.6 Å². The number of carbonyl (C=O) groups excluding carboxylic acids is 1. The molecule has 1 saturated heterocycles. The quantitative estimate of drug-likeness (QED) is 0.554. The number of carbonyl (C=O) groups is 1. The third-order valence-electron chi connectivity index (χ3n) is 1.23. The molecule has 1 aliphatic heterocycles. The molecule has 0 aromatic carbocycles. The molecule has 0 spiro atoms. The Morgan fingerprint density at radius 1 is 1.78 bits per heavy atom. The third-order valence-corrected chi connectivity index (χ3v) is 1.57. The Morgan fingerprint density at radius 2 is 2.56 bits per heavy atom. The van der Waals surface area contributed by atoms with Gasteiger partial charge < -0.3 is 4.74 Å². The minimum Gasteiger partial charge on any atom is -0.449 e. The Labute approximate surface area is 59.4 Å². The SMILES string of the molecule is O=C1OCCCN1CS. The van der Waals surface area contributed by atoms with Crippen molar-refractivity contribution in [1.29, 1.82) is 0 Å². The fraction of sp³-hybridized carbons (Fsp3) is 0.800. The van der Waals surface area contributed by atoms with Gasteiger partial charge in [-0.3, -0.25) is 4.90 Å². The second-order valence-corrected chi connectivity index (χ2v) is 2.16. The minimum absolute atomic E-state index is 0.240. The van der Waals surface area contributed by atoms with Crippen molar-refractivity contribution in [2.24, 2.45) is 0 Å². The summed E-state index contributed by atoms with van der Waals surface area (Å²) in [5.74, 6) is 0.457. The molecule has 3 nitrogen and oxygen atoms in total. The Hall–Kier alpha value is -0.380. The molecular weight excluding hydrogens is 138 g/mol. The van der Waals surface area contributed by atoms with Crippen LogP contribution in [0.15, 0.2) is 0 Å². The Morgan fingerprint density at radius 3 is 3.00 bits per heavy atom. The molecule has 52 valence electrons. The number of nitrogens with zero attached hydrogens (tertiary/aromatic N) is 1. The van der Waals surface area contributed by atoms with Gasteiger partial charge in [0, 0.05) is 6.54 Å². The maximum absolute atomic E-state index is 10.7. The highest BCUT2D eigenvalue weighted by Crippen LogP contribution is 2.03. The van der Waals surface area contributed by atoms with Gasteiger partial charge in [-0.25, -0.2) is 4.79 Å². The zero-order valence-corrected chi connectivity index (χ0v) is 5.93. The van der Waals surface area contributed by atoms with Crippen molar-refractivity contribution >= 4 is 18.7 Å². The van der Waals surface area contributed by atoms with Gasteiger partial charge in [-0.2, -0.15) is 12.6 Å². The molecule has 1 amide bonds. The molecule has 1 heterocycles. The van der Waals surface area contributed by atoms with E-state index in [-0.39, 0.29) is 6.09 Å². The van der Waals surface area contributed by atoms with Gasteiger partial charge in [-0.15, -0.1) is 0 Å². The third kappa shape index (κ3) is 1.51. The van der Waals surface area contributed by atoms with Gasteiger partial charge in [0.25, 0.3) is 0 Å². The second-order valence-electron chi connectivity index (χ2n) is 1.87. The lowest BCUT2D eigenvalue weighted by Crippen LogP contribution is -2.36. The van der Waals surface area contributed by atoms with E-state index in [2.05, 4.69) is 12.6 Å². The molecule has 0 saturated carbocycles. The predicted molar refractivity (Wildman–Crippen MR) is 36.5 cm³/mol. The van der Waals surface area contributed by atoms with Crippen molar-refractivity contribution in [3.8, 4) is 0 Å². The molecule has 0 N–H and O–H groups in total. The summed E-state index contributed by atoms with van der Waals surface area (Å²) in [6.45, 7) is 1.34. The lowest BCUT2D eigenvalue weighted by Gasteiger charge is -2.23. The average molecular weight is 147 g/mol. The maximum Gasteiger partial charge on any atom is 0.410 e. The summed E-state index contributed by atoms with van der Waals surface area (Å²) in [4.78, 5) is 12.2. The van der Waals surface area contributed by atoms with Gasteiger partial charge in [0.2, 0.25) is 0 Å². The van der Waals surface area contributed by atoms with E-state index < -0.39 is 0 Å². The average Bonchev–Trinajstić information content (AvgIpc) is 1.89. The molecule has 0 aromatic rings. The normalized spacial score (nSPS) is 19.7. The highest BCUT2D eigenvalue weighted by Gasteiger charge is 2.16. The first-order valence-corrected chi connectivity index (χ1v) is 3.50. The molecular formula is C5H9NO2S. The minimum atomic E-state index is -0.240. The van der Waals surface area contributed by atoms with Gasteiger partial charge >= 0.3 is 6.09 Å². The molecule has 1 fully saturated rings. The number of thiol groups is 1. The van der Waals surface area contributed by atoms with E-state index in [0.29, 0.717) is 12.5 Å². The van der Waals surface area contributed by atoms with Crippen LogP contribution in [0.1, 0.15) is 6.42 Å². The largest absolute Gasteiger partial charge is 0.449 e. The summed E-state index contributed by atoms with van der Waals surface area (Å²) in [7, 11) is 0. The summed E-state index contributed by atoms with van der Waals surface area (Å²) in [5, 5.41) is 0. The predicted octanol–water partition coefficient (Wildman–Crippen LogP) is 0.716. The van der Waals surface area contributed by atoms with E-state index in [1.807, 2.05) is 0 Å². The molecule has 4 heteroatoms. The van der Waals surface area contributed by atoms with E-state index in [4.69, 9.17) is 4.74 Å². The number of hydrogen-bond donors (Lipinski definition) is 1. The zero-order chi connectivity index (χ0) is 6.69. The summed E-state index contributed by atoms with van der Waals surface area (Å²) < 4.78 is 4.72. The van der Waals surface area contributed by atoms with Crippen LogP contribution in [0.2, 0.25) is 0 Å². The van der Waals surface area contributed by atoms with Gasteiger partial charge in [-0.05, 0) is 6.42 Å². The highest BCUT2D eigenvalue weighted by molar-refractivity contribution is 7.80. The topological polar surface area (TPSA) is 29.5 Å². The first-order chi connectivity index (χ1) is 4.34. The molecule has 0 atom stereocenters. The van der Waals surface area contributed by atoms with Crippen LogP contribution in [-0.2, 0) is 4.74 Å². The van der Waals surface area contributed by atoms with Crippen molar-refractivity contribution in [1.82, 2.24) is 4.90 Å². The lowest BCUT2D eigenvalue weighted by atomic mass is 10.4. The lowest BCUT2D eigenvalue weighted by molar-refractivity contribution is 0.0809. The summed E-state index contributed by atoms with van der Waals surface area (Å²) in [6.07, 6.45) is 0.683. The number of cyclic esters (lactones) is 1. The highest BCUT2D eigenvalue weighted by atomic mass is 32.1. The number of amides is 1. The van der Waals surface area contributed by atoms with Gasteiger partial charge in [-0.1, -0.05) is 0 Å². The summed E-state index contributed by atoms with van der Waals surface area (Å²) >= 11 is 3.95. The molecule has 1 rings (SSSR count). The van der Waals surface area contributed by atoms with Crippen molar-refractivity contribution < 1.29 is 9.53 Å². The molecule has 0 bridgehead atoms. The van der Waals surface area contributed by atoms with Crippen LogP contribution in [0.25, 0.3) is 0 Å². The van der Waals surface area contributed by atoms with Gasteiger partial charge in [0.05, 0.1) is 12.5 Å². The number of ether oxygens (including phenoxy) is 1. The summed E-state index contributed by atoms with van der Waals surface area (Å²) in [5.41, 5.74) is 0. The smallest absolute Gasteiger partial charge is 0.410 e. The fourth-order valence-electron chi connectivity index (χ4n) is 0.726. The van der Waals surface area contributed by atoms with Crippen molar-refractivity contribution in [2.45, 2.75) is 6.42 Å². The first kappa shape index (κ1) is 6.74. The van der Waals surface area contributed by atoms with E-state index in [0.717, 1.165) is 13.0 Å². The standard InChI is InChI=1S/C5H9NO2S/c7-5-6(4-9)2-1-3-8-5/h9H,1-4H2. The molecule has 9 heavy (non-hydrogen) atoms. The van der Waals surface area contributed by atoms with E-state index in [9.17, 15) is 4.79 Å². The number of hydrogen-bond acceptors (Lipinski definition) is 3. The molecule has 0 radical (unpaired) electrons. The zero-order valence-electron chi connectivity index (χ0n) is 5.04. The van der Waals surface area contributed by atoms with Crippen LogP contribution in [0.5, 0.6) is 0 Å². The van der Waals surface area contributed by atoms with Crippen LogP contribution in [-0.4, -0.2) is 30.0 Å². The Bertz CT molecular complexity index is 118. The monoisotopic (exact) mass is 147 g/mol. The molecule has 0 aromatic heterocycles. The van der Waals surface area contributed by atoms with E-state index in [1.165, 1.54) is 0 Å². The van der Waals surface area contributed by atoms with Crippen LogP contribution in [0.3, 0.4) is 0 Å². The molecule has 1 aliphatic rings. The van der Waals surface area contributed by atoms with Crippen molar-refractivity contribution in [3.05, 3.63) is 0 Å². The first-order valence-electron chi connectivity index (χ1n) is 2.87. The fourth-order valence-corrected chi connectivity index (χ4v) is 0.983. The number of rotatable bonds is 1. The van der Waals surface area contributed by atoms with Crippen LogP contribution < -0.4 is 0 Å². The summed E-state index contributed by atoms with van der Waals surface area (Å²) in [6, 6.07) is 0. The molecule has 0 unspecified atom stereocenters. The van der Waals surface area contributed by atoms with E-state index >= 15 is 0 Å². The maximum atomic E-state index is 10.7. The van der Waals surface area contributed by atoms with Gasteiger partial charge in [0.15, 0.2) is 0 Å².